The van der Waals surface area contributed by atoms with E-state index in [0.29, 0.717) is 0 Å². The van der Waals surface area contributed by atoms with Gasteiger partial charge in [0.05, 0.1) is 0 Å². The molecule has 0 unspecified atom stereocenters. The molecule has 74 valence electrons. The van der Waals surface area contributed by atoms with Crippen molar-refractivity contribution in [2.45, 2.75) is 18.9 Å². The second kappa shape index (κ2) is 5.13. The first-order valence-electron chi connectivity index (χ1n) is 5.31. The van der Waals surface area contributed by atoms with Crippen LogP contribution in [0.4, 0.5) is 0 Å². The summed E-state index contributed by atoms with van der Waals surface area (Å²) in [6.07, 6.45) is 2.75. The predicted octanol–water partition coefficient (Wildman–Crippen LogP) is 2.58. The van der Waals surface area contributed by atoms with Crippen molar-refractivity contribution in [3.05, 3.63) is 36.4 Å². The molecule has 0 atom stereocenters. The van der Waals surface area contributed by atoms with E-state index in [1.807, 2.05) is 0 Å². The average molecular weight is 204 g/mol. The zero-order chi connectivity index (χ0) is 9.64. The highest BCUT2D eigenvalue weighted by atomic mass is 28.2. The van der Waals surface area contributed by atoms with Gasteiger partial charge in [0.15, 0.2) is 9.76 Å². The minimum Gasteiger partial charge on any atom is -0.424 e. The van der Waals surface area contributed by atoms with Crippen LogP contribution in [0.5, 0.6) is 0 Å². The van der Waals surface area contributed by atoms with Crippen molar-refractivity contribution in [3.8, 4) is 0 Å². The molecule has 4 rings (SSSR count). The van der Waals surface area contributed by atoms with Crippen molar-refractivity contribution in [2.24, 2.45) is 0 Å². The van der Waals surface area contributed by atoms with Gasteiger partial charge in [-0.1, -0.05) is 42.8 Å². The minimum absolute atomic E-state index is 0.00849. The number of rotatable bonds is 0. The third-order valence-corrected chi connectivity index (χ3v) is 3.85. The molecule has 1 heterocycles. The summed E-state index contributed by atoms with van der Waals surface area (Å²) in [5.74, 6) is 0. The van der Waals surface area contributed by atoms with Gasteiger partial charge in [-0.2, -0.15) is 0 Å². The number of benzene rings is 3. The fourth-order valence-electron chi connectivity index (χ4n) is 1.60. The van der Waals surface area contributed by atoms with Gasteiger partial charge in [0.1, 0.15) is 0 Å². The van der Waals surface area contributed by atoms with Gasteiger partial charge < -0.3 is 4.43 Å². The van der Waals surface area contributed by atoms with Crippen LogP contribution in [-0.4, -0.2) is 16.4 Å². The highest BCUT2D eigenvalue weighted by Gasteiger charge is 1.96. The maximum Gasteiger partial charge on any atom is 0.161 e. The molecule has 1 aliphatic heterocycles. The maximum absolute atomic E-state index is 5.21. The molecule has 0 saturated carbocycles. The van der Waals surface area contributed by atoms with Crippen molar-refractivity contribution in [3.63, 3.8) is 0 Å². The van der Waals surface area contributed by atoms with E-state index < -0.39 is 0 Å². The summed E-state index contributed by atoms with van der Waals surface area (Å²) in [4.78, 5) is 0. The van der Waals surface area contributed by atoms with Gasteiger partial charge in [-0.3, -0.25) is 0 Å². The molecule has 2 heteroatoms. The predicted molar refractivity (Wildman–Crippen MR) is 63.7 cm³/mol. The molecule has 0 aromatic heterocycles. The summed E-state index contributed by atoms with van der Waals surface area (Å²) >= 11 is 0. The molecule has 0 N–H and O–H groups in total. The smallest absolute Gasteiger partial charge is 0.161 e. The summed E-state index contributed by atoms with van der Waals surface area (Å²) in [6.45, 7) is 1.06. The topological polar surface area (TPSA) is 9.23 Å². The first-order valence-corrected chi connectivity index (χ1v) is 6.89. The van der Waals surface area contributed by atoms with Crippen LogP contribution in [0, 0.1) is 0 Å². The fourth-order valence-corrected chi connectivity index (χ4v) is 2.77. The van der Waals surface area contributed by atoms with E-state index in [4.69, 9.17) is 4.43 Å². The van der Waals surface area contributed by atoms with Gasteiger partial charge >= 0.3 is 0 Å². The fraction of sp³-hybridized carbons (Fsp3) is 0.333. The molecule has 0 radical (unpaired) electrons. The summed E-state index contributed by atoms with van der Waals surface area (Å²) < 4.78 is 5.21. The summed E-state index contributed by atoms with van der Waals surface area (Å²) in [6, 6.07) is 14.1. The van der Waals surface area contributed by atoms with Crippen LogP contribution >= 0.6 is 0 Å². The molecule has 2 bridgehead atoms. The van der Waals surface area contributed by atoms with Crippen LogP contribution in [0.1, 0.15) is 12.8 Å². The average Bonchev–Trinajstić information content (AvgIpc) is 2.35. The van der Waals surface area contributed by atoms with Crippen molar-refractivity contribution >= 4 is 20.5 Å². The normalized spacial score (nSPS) is 18.0. The Balaban J connectivity index is 0.000000112. The molecule has 0 spiro atoms. The molecule has 0 amide bonds. The van der Waals surface area contributed by atoms with E-state index in [1.54, 1.807) is 0 Å². The SMILES string of the molecule is C1CC[SiH2]OC1.c1cc2ccc1cc2. The van der Waals surface area contributed by atoms with E-state index >= 15 is 0 Å². The Bertz CT molecular complexity index is 268. The molecule has 0 aliphatic carbocycles. The summed E-state index contributed by atoms with van der Waals surface area (Å²) in [5, 5.41) is 2.61. The molecule has 1 aliphatic rings. The Hall–Kier alpha value is -0.863. The lowest BCUT2D eigenvalue weighted by Gasteiger charge is -2.07. The van der Waals surface area contributed by atoms with E-state index in [9.17, 15) is 0 Å². The quantitative estimate of drug-likeness (QED) is 0.599. The molecular weight excluding hydrogens is 188 g/mol. The van der Waals surface area contributed by atoms with Crippen LogP contribution in [0.25, 0.3) is 10.8 Å². The largest absolute Gasteiger partial charge is 0.424 e. The van der Waals surface area contributed by atoms with Gasteiger partial charge in [0.2, 0.25) is 0 Å². The zero-order valence-corrected chi connectivity index (χ0v) is 9.82. The Morgan fingerprint density at radius 1 is 0.857 bits per heavy atom. The second-order valence-corrected chi connectivity index (χ2v) is 5.20. The Labute approximate surface area is 87.4 Å². The lowest BCUT2D eigenvalue weighted by Crippen LogP contribution is -2.06. The third-order valence-electron chi connectivity index (χ3n) is 2.48. The van der Waals surface area contributed by atoms with Gasteiger partial charge in [-0.05, 0) is 23.2 Å². The van der Waals surface area contributed by atoms with Crippen molar-refractivity contribution < 1.29 is 4.43 Å². The number of hydrogen-bond acceptors (Lipinski definition) is 1. The third kappa shape index (κ3) is 2.82. The number of hydrogen-bond donors (Lipinski definition) is 0. The van der Waals surface area contributed by atoms with E-state index in [1.165, 1.54) is 29.7 Å². The van der Waals surface area contributed by atoms with Crippen LogP contribution < -0.4 is 0 Å². The van der Waals surface area contributed by atoms with Crippen molar-refractivity contribution in [1.82, 2.24) is 0 Å². The van der Waals surface area contributed by atoms with Crippen LogP contribution in [0.2, 0.25) is 6.04 Å². The first-order chi connectivity index (χ1) is 6.95. The molecule has 1 nitrogen and oxygen atoms in total. The molecule has 14 heavy (non-hydrogen) atoms. The van der Waals surface area contributed by atoms with Gasteiger partial charge in [-0.25, -0.2) is 0 Å². The lowest BCUT2D eigenvalue weighted by atomic mass is 10.1. The van der Waals surface area contributed by atoms with E-state index in [-0.39, 0.29) is 9.76 Å². The molecule has 1 fully saturated rings. The molecule has 3 aromatic carbocycles. The summed E-state index contributed by atoms with van der Waals surface area (Å²) in [7, 11) is 0.00849. The van der Waals surface area contributed by atoms with Gasteiger partial charge in [0.25, 0.3) is 0 Å². The van der Waals surface area contributed by atoms with Crippen LogP contribution in [0.3, 0.4) is 0 Å². The minimum atomic E-state index is 0.00849. The number of fused-ring (bicyclic) bond motifs is 3. The van der Waals surface area contributed by atoms with Crippen molar-refractivity contribution in [1.29, 1.82) is 0 Å². The highest BCUT2D eigenvalue weighted by molar-refractivity contribution is 6.27. The highest BCUT2D eigenvalue weighted by Crippen LogP contribution is 2.09. The second-order valence-electron chi connectivity index (χ2n) is 3.67. The molecule has 1 saturated heterocycles. The van der Waals surface area contributed by atoms with Crippen molar-refractivity contribution in [2.75, 3.05) is 6.61 Å². The molecule has 3 aromatic rings. The van der Waals surface area contributed by atoms with Crippen LogP contribution in [0.15, 0.2) is 36.4 Å². The summed E-state index contributed by atoms with van der Waals surface area (Å²) in [5.41, 5.74) is 0. The van der Waals surface area contributed by atoms with E-state index in [0.717, 1.165) is 6.61 Å². The first kappa shape index (κ1) is 9.68. The Kier molecular flexibility index (Phi) is 3.55. The standard InChI is InChI=1S/C8H6.C4H10OSi/c1-2-8-5-3-7(1)4-6-8;1-2-4-6-5-3-1/h1-6H;1-4,6H2. The van der Waals surface area contributed by atoms with Gasteiger partial charge in [0, 0.05) is 6.61 Å². The molecular formula is C12H16OSi. The maximum atomic E-state index is 5.21. The lowest BCUT2D eigenvalue weighted by molar-refractivity contribution is 0.304. The zero-order valence-electron chi connectivity index (χ0n) is 8.41. The van der Waals surface area contributed by atoms with E-state index in [2.05, 4.69) is 36.4 Å². The monoisotopic (exact) mass is 204 g/mol. The van der Waals surface area contributed by atoms with Crippen LogP contribution in [-0.2, 0) is 4.43 Å². The van der Waals surface area contributed by atoms with Gasteiger partial charge in [-0.15, -0.1) is 0 Å². The Morgan fingerprint density at radius 3 is 1.57 bits per heavy atom. The Morgan fingerprint density at radius 2 is 1.43 bits per heavy atom.